The van der Waals surface area contributed by atoms with E-state index in [0.29, 0.717) is 6.07 Å². The normalized spacial score (nSPS) is 9.96. The van der Waals surface area contributed by atoms with E-state index in [2.05, 4.69) is 4.98 Å². The van der Waals surface area contributed by atoms with Crippen LogP contribution in [0.5, 0.6) is 11.5 Å². The van der Waals surface area contributed by atoms with E-state index in [4.69, 9.17) is 9.84 Å². The highest BCUT2D eigenvalue weighted by Crippen LogP contribution is 2.31. The van der Waals surface area contributed by atoms with Gasteiger partial charge >= 0.3 is 6.09 Å². The van der Waals surface area contributed by atoms with Gasteiger partial charge in [-0.05, 0) is 6.07 Å². The SMILES string of the molecule is O=Cc1c(Oc2ccc([N+](=O)[O-])cc2F)ccnc1NC(=O)O. The van der Waals surface area contributed by atoms with E-state index in [0.717, 1.165) is 18.3 Å². The van der Waals surface area contributed by atoms with Gasteiger partial charge in [-0.15, -0.1) is 0 Å². The molecule has 10 heteroatoms. The average Bonchev–Trinajstić information content (AvgIpc) is 2.48. The van der Waals surface area contributed by atoms with Crippen LogP contribution in [0, 0.1) is 15.9 Å². The Morgan fingerprint density at radius 1 is 1.39 bits per heavy atom. The minimum Gasteiger partial charge on any atom is -0.465 e. The topological polar surface area (TPSA) is 132 Å². The highest BCUT2D eigenvalue weighted by atomic mass is 19.1. The van der Waals surface area contributed by atoms with Gasteiger partial charge in [-0.25, -0.2) is 14.2 Å². The van der Waals surface area contributed by atoms with Gasteiger partial charge in [0.05, 0.1) is 16.6 Å². The monoisotopic (exact) mass is 321 g/mol. The lowest BCUT2D eigenvalue weighted by Crippen LogP contribution is -2.11. The van der Waals surface area contributed by atoms with Gasteiger partial charge in [-0.2, -0.15) is 0 Å². The predicted molar refractivity (Wildman–Crippen MR) is 74.4 cm³/mol. The molecule has 1 heterocycles. The second-order valence-corrected chi connectivity index (χ2v) is 4.09. The van der Waals surface area contributed by atoms with Crippen LogP contribution in [0.15, 0.2) is 30.5 Å². The lowest BCUT2D eigenvalue weighted by Gasteiger charge is -2.11. The number of anilines is 1. The largest absolute Gasteiger partial charge is 0.465 e. The number of carbonyl (C=O) groups excluding carboxylic acids is 1. The summed E-state index contributed by atoms with van der Waals surface area (Å²) >= 11 is 0. The van der Waals surface area contributed by atoms with Crippen molar-refractivity contribution in [3.05, 3.63) is 52.0 Å². The summed E-state index contributed by atoms with van der Waals surface area (Å²) in [6, 6.07) is 3.93. The summed E-state index contributed by atoms with van der Waals surface area (Å²) in [6.07, 6.45) is -0.00683. The number of carbonyl (C=O) groups is 2. The Balaban J connectivity index is 2.38. The number of pyridine rings is 1. The molecular formula is C13H8FN3O6. The van der Waals surface area contributed by atoms with E-state index < -0.39 is 22.5 Å². The van der Waals surface area contributed by atoms with Crippen LogP contribution in [0.3, 0.4) is 0 Å². The predicted octanol–water partition coefficient (Wildman–Crippen LogP) is 2.82. The third-order valence-corrected chi connectivity index (χ3v) is 2.64. The minimum absolute atomic E-state index is 0.161. The number of hydrogen-bond acceptors (Lipinski definition) is 6. The van der Waals surface area contributed by atoms with Crippen molar-refractivity contribution in [2.24, 2.45) is 0 Å². The number of nitrogens with one attached hydrogen (secondary N) is 1. The van der Waals surface area contributed by atoms with E-state index in [9.17, 15) is 24.1 Å². The van der Waals surface area contributed by atoms with Crippen molar-refractivity contribution in [1.82, 2.24) is 4.98 Å². The lowest BCUT2D eigenvalue weighted by atomic mass is 10.2. The Hall–Kier alpha value is -3.56. The average molecular weight is 321 g/mol. The first kappa shape index (κ1) is 15.8. The zero-order valence-corrected chi connectivity index (χ0v) is 11.2. The molecule has 0 atom stereocenters. The maximum atomic E-state index is 13.8. The smallest absolute Gasteiger partial charge is 0.410 e. The molecule has 2 rings (SSSR count). The molecule has 0 aliphatic carbocycles. The number of nitrogens with zero attached hydrogens (tertiary/aromatic N) is 2. The van der Waals surface area contributed by atoms with E-state index in [1.54, 1.807) is 0 Å². The van der Waals surface area contributed by atoms with Gasteiger partial charge in [0.1, 0.15) is 11.6 Å². The van der Waals surface area contributed by atoms with E-state index >= 15 is 0 Å². The van der Waals surface area contributed by atoms with Crippen molar-refractivity contribution in [1.29, 1.82) is 0 Å². The van der Waals surface area contributed by atoms with Gasteiger partial charge in [-0.3, -0.25) is 20.2 Å². The standard InChI is InChI=1S/C13H8FN3O6/c14-9-5-7(17(21)22)1-2-11(9)23-10-3-4-15-12(8(10)6-18)16-13(19)20/h1-6H,(H,15,16)(H,19,20). The third-order valence-electron chi connectivity index (χ3n) is 2.64. The highest BCUT2D eigenvalue weighted by molar-refractivity contribution is 5.93. The number of hydrogen-bond donors (Lipinski definition) is 2. The van der Waals surface area contributed by atoms with Crippen molar-refractivity contribution in [2.75, 3.05) is 5.32 Å². The molecule has 0 aliphatic rings. The van der Waals surface area contributed by atoms with Crippen molar-refractivity contribution in [2.45, 2.75) is 0 Å². The van der Waals surface area contributed by atoms with E-state index in [-0.39, 0.29) is 29.2 Å². The summed E-state index contributed by atoms with van der Waals surface area (Å²) in [7, 11) is 0. The van der Waals surface area contributed by atoms with E-state index in [1.165, 1.54) is 6.07 Å². The molecule has 0 fully saturated rings. The minimum atomic E-state index is -1.45. The first-order chi connectivity index (χ1) is 10.9. The van der Waals surface area contributed by atoms with Crippen LogP contribution in [-0.2, 0) is 0 Å². The number of non-ortho nitro benzene ring substituents is 1. The Kier molecular flexibility index (Phi) is 4.45. The molecule has 0 spiro atoms. The van der Waals surface area contributed by atoms with Crippen molar-refractivity contribution < 1.29 is 28.7 Å². The summed E-state index contributed by atoms with van der Waals surface area (Å²) in [5.74, 6) is -1.83. The van der Waals surface area contributed by atoms with Crippen LogP contribution >= 0.6 is 0 Å². The maximum absolute atomic E-state index is 13.8. The number of benzene rings is 1. The van der Waals surface area contributed by atoms with Crippen LogP contribution in [0.4, 0.5) is 20.7 Å². The molecule has 118 valence electrons. The molecule has 23 heavy (non-hydrogen) atoms. The van der Waals surface area contributed by atoms with Gasteiger partial charge < -0.3 is 9.84 Å². The van der Waals surface area contributed by atoms with Gasteiger partial charge in [0.2, 0.25) is 0 Å². The third kappa shape index (κ3) is 3.56. The molecule has 0 aliphatic heterocycles. The molecule has 1 aromatic carbocycles. The van der Waals surface area contributed by atoms with Crippen molar-refractivity contribution in [3.8, 4) is 11.5 Å². The Labute approximate surface area is 127 Å². The first-order valence-electron chi connectivity index (χ1n) is 5.98. The molecule has 9 nitrogen and oxygen atoms in total. The number of nitro benzene ring substituents is 1. The van der Waals surface area contributed by atoms with Crippen molar-refractivity contribution >= 4 is 23.9 Å². The summed E-state index contributed by atoms with van der Waals surface area (Å²) in [4.78, 5) is 35.2. The number of halogens is 1. The molecule has 2 N–H and O–H groups in total. The number of rotatable bonds is 5. The first-order valence-corrected chi connectivity index (χ1v) is 5.98. The maximum Gasteiger partial charge on any atom is 0.410 e. The second kappa shape index (κ2) is 6.47. The molecule has 2 aromatic rings. The summed E-state index contributed by atoms with van der Waals surface area (Å²) < 4.78 is 19.0. The Bertz CT molecular complexity index is 795. The lowest BCUT2D eigenvalue weighted by molar-refractivity contribution is -0.385. The zero-order valence-electron chi connectivity index (χ0n) is 11.2. The number of aldehydes is 1. The summed E-state index contributed by atoms with van der Waals surface area (Å²) in [6.45, 7) is 0. The number of nitro groups is 1. The molecule has 0 saturated heterocycles. The highest BCUT2D eigenvalue weighted by Gasteiger charge is 2.16. The number of ether oxygens (including phenoxy) is 1. The Morgan fingerprint density at radius 2 is 2.13 bits per heavy atom. The van der Waals surface area contributed by atoms with Crippen LogP contribution in [0.2, 0.25) is 0 Å². The fourth-order valence-corrected chi connectivity index (χ4v) is 1.66. The second-order valence-electron chi connectivity index (χ2n) is 4.09. The van der Waals surface area contributed by atoms with E-state index in [1.807, 2.05) is 5.32 Å². The van der Waals surface area contributed by atoms with Gasteiger partial charge in [0.25, 0.3) is 5.69 Å². The number of carboxylic acid groups (broad SMARTS) is 1. The fraction of sp³-hybridized carbons (Fsp3) is 0. The van der Waals surface area contributed by atoms with Crippen molar-refractivity contribution in [3.63, 3.8) is 0 Å². The van der Waals surface area contributed by atoms with Gasteiger partial charge in [0, 0.05) is 18.3 Å². The van der Waals surface area contributed by atoms with Gasteiger partial charge in [0.15, 0.2) is 17.9 Å². The summed E-state index contributed by atoms with van der Waals surface area (Å²) in [5, 5.41) is 21.1. The number of aromatic nitrogens is 1. The van der Waals surface area contributed by atoms with Crippen LogP contribution in [0.1, 0.15) is 10.4 Å². The molecule has 0 saturated carbocycles. The Morgan fingerprint density at radius 3 is 2.70 bits per heavy atom. The molecule has 0 unspecified atom stereocenters. The number of amides is 1. The molecule has 1 amide bonds. The van der Waals surface area contributed by atoms with Crippen LogP contribution in [0.25, 0.3) is 0 Å². The van der Waals surface area contributed by atoms with Crippen LogP contribution in [-0.4, -0.2) is 27.4 Å². The molecule has 1 aromatic heterocycles. The summed E-state index contributed by atoms with van der Waals surface area (Å²) in [5.41, 5.74) is -0.707. The zero-order chi connectivity index (χ0) is 17.0. The molecule has 0 bridgehead atoms. The van der Waals surface area contributed by atoms with Crippen LogP contribution < -0.4 is 10.1 Å². The molecular weight excluding hydrogens is 313 g/mol. The fourth-order valence-electron chi connectivity index (χ4n) is 1.66. The molecule has 0 radical (unpaired) electrons. The van der Waals surface area contributed by atoms with Gasteiger partial charge in [-0.1, -0.05) is 0 Å². The quantitative estimate of drug-likeness (QED) is 0.491.